The third-order valence-corrected chi connectivity index (χ3v) is 5.95. The maximum atomic E-state index is 12.7. The largest absolute Gasteiger partial charge is 0.343 e. The Morgan fingerprint density at radius 2 is 1.79 bits per heavy atom. The van der Waals surface area contributed by atoms with Gasteiger partial charge in [-0.05, 0) is 12.1 Å². The second-order valence-electron chi connectivity index (χ2n) is 8.07. The van der Waals surface area contributed by atoms with E-state index in [-0.39, 0.29) is 17.0 Å². The summed E-state index contributed by atoms with van der Waals surface area (Å²) in [6.07, 6.45) is 1.98. The number of nitro benzene ring substituents is 1. The molecule has 1 aliphatic heterocycles. The summed E-state index contributed by atoms with van der Waals surface area (Å²) in [6.45, 7) is 8.89. The van der Waals surface area contributed by atoms with Crippen molar-refractivity contribution in [1.82, 2.24) is 19.5 Å². The van der Waals surface area contributed by atoms with Crippen molar-refractivity contribution in [3.8, 4) is 0 Å². The third kappa shape index (κ3) is 3.80. The Kier molecular flexibility index (Phi) is 4.73. The first-order valence-electron chi connectivity index (χ1n) is 9.38. The monoisotopic (exact) mass is 414 g/mol. The van der Waals surface area contributed by atoms with Crippen LogP contribution in [0.15, 0.2) is 30.5 Å². The van der Waals surface area contributed by atoms with Crippen molar-refractivity contribution in [2.75, 3.05) is 31.1 Å². The minimum absolute atomic E-state index is 0.0164. The first-order valence-corrected chi connectivity index (χ1v) is 10.2. The summed E-state index contributed by atoms with van der Waals surface area (Å²) in [5, 5.41) is 16.3. The Bertz CT molecular complexity index is 1030. The highest BCUT2D eigenvalue weighted by atomic mass is 32.1. The summed E-state index contributed by atoms with van der Waals surface area (Å²) >= 11 is 1.55. The van der Waals surface area contributed by atoms with E-state index in [2.05, 4.69) is 35.8 Å². The summed E-state index contributed by atoms with van der Waals surface area (Å²) in [5.41, 5.74) is 1.44. The summed E-state index contributed by atoms with van der Waals surface area (Å²) in [7, 11) is 0. The lowest BCUT2D eigenvalue weighted by Gasteiger charge is -2.34. The molecule has 1 aromatic carbocycles. The number of rotatable bonds is 3. The molecule has 0 N–H and O–H groups in total. The van der Waals surface area contributed by atoms with Crippen molar-refractivity contribution in [3.63, 3.8) is 0 Å². The van der Waals surface area contributed by atoms with Crippen molar-refractivity contribution in [2.45, 2.75) is 26.2 Å². The summed E-state index contributed by atoms with van der Waals surface area (Å²) in [6, 6.07) is 5.74. The maximum Gasteiger partial charge on any atom is 0.269 e. The fourth-order valence-electron chi connectivity index (χ4n) is 3.19. The predicted octanol–water partition coefficient (Wildman–Crippen LogP) is 2.96. The Hall–Kier alpha value is -3.01. The van der Waals surface area contributed by atoms with E-state index in [1.165, 1.54) is 24.3 Å². The van der Waals surface area contributed by atoms with Gasteiger partial charge in [0.15, 0.2) is 0 Å². The molecule has 10 heteroatoms. The molecule has 0 spiro atoms. The lowest BCUT2D eigenvalue weighted by atomic mass is 9.93. The number of anilines is 1. The number of hydrogen-bond donors (Lipinski definition) is 0. The van der Waals surface area contributed by atoms with E-state index >= 15 is 0 Å². The van der Waals surface area contributed by atoms with Crippen LogP contribution in [0.25, 0.3) is 4.96 Å². The number of fused-ring (bicyclic) bond motifs is 1. The number of aromatic nitrogens is 3. The first kappa shape index (κ1) is 19.3. The predicted molar refractivity (Wildman–Crippen MR) is 111 cm³/mol. The fourth-order valence-corrected chi connectivity index (χ4v) is 4.12. The number of piperazine rings is 1. The number of imidazole rings is 1. The SMILES string of the molecule is CC(C)(C)c1cn2nc(N3CCN(C(=O)c4ccc([N+](=O)[O-])cc4)CC3)sc2n1. The van der Waals surface area contributed by atoms with Gasteiger partial charge in [-0.2, -0.15) is 0 Å². The number of hydrogen-bond acceptors (Lipinski definition) is 7. The van der Waals surface area contributed by atoms with Gasteiger partial charge in [0.25, 0.3) is 11.6 Å². The zero-order chi connectivity index (χ0) is 20.8. The van der Waals surface area contributed by atoms with E-state index in [0.29, 0.717) is 31.7 Å². The molecule has 1 fully saturated rings. The molecule has 9 nitrogen and oxygen atoms in total. The number of non-ortho nitro benzene ring substituents is 1. The summed E-state index contributed by atoms with van der Waals surface area (Å²) in [4.78, 5) is 32.4. The quantitative estimate of drug-likeness (QED) is 0.483. The molecule has 1 saturated heterocycles. The molecule has 3 aromatic rings. The van der Waals surface area contributed by atoms with E-state index in [1.807, 2.05) is 10.7 Å². The molecule has 4 rings (SSSR count). The first-order chi connectivity index (χ1) is 13.7. The second kappa shape index (κ2) is 7.11. The van der Waals surface area contributed by atoms with Crippen molar-refractivity contribution < 1.29 is 9.72 Å². The lowest BCUT2D eigenvalue weighted by Crippen LogP contribution is -2.48. The number of benzene rings is 1. The van der Waals surface area contributed by atoms with Gasteiger partial charge >= 0.3 is 0 Å². The van der Waals surface area contributed by atoms with Crippen LogP contribution in [0.1, 0.15) is 36.8 Å². The van der Waals surface area contributed by atoms with Gasteiger partial charge in [0, 0.05) is 49.3 Å². The molecule has 152 valence electrons. The van der Waals surface area contributed by atoms with Crippen LogP contribution in [-0.2, 0) is 5.41 Å². The molecule has 0 atom stereocenters. The van der Waals surface area contributed by atoms with Gasteiger partial charge in [0.2, 0.25) is 10.1 Å². The molecule has 1 aliphatic rings. The van der Waals surface area contributed by atoms with Crippen molar-refractivity contribution in [2.24, 2.45) is 0 Å². The van der Waals surface area contributed by atoms with E-state index in [9.17, 15) is 14.9 Å². The van der Waals surface area contributed by atoms with Crippen LogP contribution in [0.4, 0.5) is 10.8 Å². The van der Waals surface area contributed by atoms with E-state index < -0.39 is 4.92 Å². The summed E-state index contributed by atoms with van der Waals surface area (Å²) in [5.74, 6) is -0.108. The molecule has 3 heterocycles. The lowest BCUT2D eigenvalue weighted by molar-refractivity contribution is -0.384. The third-order valence-electron chi connectivity index (χ3n) is 4.96. The number of amides is 1. The Labute approximate surface area is 171 Å². The second-order valence-corrected chi connectivity index (χ2v) is 9.01. The molecule has 0 bridgehead atoms. The van der Waals surface area contributed by atoms with E-state index in [1.54, 1.807) is 16.2 Å². The average molecular weight is 414 g/mol. The van der Waals surface area contributed by atoms with E-state index in [0.717, 1.165) is 15.8 Å². The van der Waals surface area contributed by atoms with Crippen molar-refractivity contribution in [1.29, 1.82) is 0 Å². The van der Waals surface area contributed by atoms with Crippen LogP contribution < -0.4 is 4.90 Å². The van der Waals surface area contributed by atoms with Crippen LogP contribution in [0.2, 0.25) is 0 Å². The van der Waals surface area contributed by atoms with Crippen molar-refractivity contribution in [3.05, 3.63) is 51.8 Å². The number of nitro groups is 1. The van der Waals surface area contributed by atoms with Crippen LogP contribution in [-0.4, -0.2) is 56.5 Å². The zero-order valence-electron chi connectivity index (χ0n) is 16.5. The molecule has 0 saturated carbocycles. The molecule has 2 aromatic heterocycles. The van der Waals surface area contributed by atoms with Crippen LogP contribution in [0.5, 0.6) is 0 Å². The molecular formula is C19H22N6O3S. The van der Waals surface area contributed by atoms with Gasteiger partial charge < -0.3 is 9.80 Å². The molecule has 0 aliphatic carbocycles. The highest BCUT2D eigenvalue weighted by Gasteiger charge is 2.25. The van der Waals surface area contributed by atoms with Gasteiger partial charge in [-0.1, -0.05) is 32.1 Å². The van der Waals surface area contributed by atoms with Crippen molar-refractivity contribution >= 4 is 33.0 Å². The molecule has 1 amide bonds. The smallest absolute Gasteiger partial charge is 0.269 e. The normalized spacial score (nSPS) is 15.1. The van der Waals surface area contributed by atoms with Gasteiger partial charge in [0.05, 0.1) is 16.8 Å². The number of carbonyl (C=O) groups excluding carboxylic acids is 1. The average Bonchev–Trinajstić information content (AvgIpc) is 3.27. The Morgan fingerprint density at radius 1 is 1.14 bits per heavy atom. The van der Waals surface area contributed by atoms with E-state index in [4.69, 9.17) is 0 Å². The van der Waals surface area contributed by atoms with Crippen LogP contribution in [0, 0.1) is 10.1 Å². The Morgan fingerprint density at radius 3 is 2.34 bits per heavy atom. The van der Waals surface area contributed by atoms with Gasteiger partial charge in [-0.25, -0.2) is 9.50 Å². The number of carbonyl (C=O) groups is 1. The minimum Gasteiger partial charge on any atom is -0.343 e. The molecule has 29 heavy (non-hydrogen) atoms. The summed E-state index contributed by atoms with van der Waals surface area (Å²) < 4.78 is 1.83. The highest BCUT2D eigenvalue weighted by molar-refractivity contribution is 7.20. The minimum atomic E-state index is -0.470. The standard InChI is InChI=1S/C19H22N6O3S/c1-19(2,3)15-12-24-17(20-15)29-18(21-24)23-10-8-22(9-11-23)16(26)13-4-6-14(7-5-13)25(27)28/h4-7,12H,8-11H2,1-3H3. The van der Waals surface area contributed by atoms with Crippen LogP contribution in [0.3, 0.4) is 0 Å². The highest BCUT2D eigenvalue weighted by Crippen LogP contribution is 2.28. The molecule has 0 radical (unpaired) electrons. The zero-order valence-corrected chi connectivity index (χ0v) is 17.3. The maximum absolute atomic E-state index is 12.7. The van der Waals surface area contributed by atoms with Crippen LogP contribution >= 0.6 is 11.3 Å². The van der Waals surface area contributed by atoms with Gasteiger partial charge in [0.1, 0.15) is 0 Å². The number of nitrogens with zero attached hydrogens (tertiary/aromatic N) is 6. The fraction of sp³-hybridized carbons (Fsp3) is 0.421. The van der Waals surface area contributed by atoms with Gasteiger partial charge in [-0.15, -0.1) is 5.10 Å². The topological polar surface area (TPSA) is 96.9 Å². The molecule has 0 unspecified atom stereocenters. The van der Waals surface area contributed by atoms with Gasteiger partial charge in [-0.3, -0.25) is 14.9 Å². The Balaban J connectivity index is 1.41. The molecular weight excluding hydrogens is 392 g/mol.